The van der Waals surface area contributed by atoms with Gasteiger partial charge in [0, 0.05) is 22.1 Å². The van der Waals surface area contributed by atoms with Gasteiger partial charge in [0.1, 0.15) is 0 Å². The van der Waals surface area contributed by atoms with Crippen molar-refractivity contribution in [2.75, 3.05) is 0 Å². The molecule has 0 fully saturated rings. The maximum Gasteiger partial charge on any atom is 0.160 e. The molecule has 1 aromatic heterocycles. The highest BCUT2D eigenvalue weighted by Gasteiger charge is 2.36. The second kappa shape index (κ2) is 14.9. The minimum Gasteiger partial charge on any atom is -0.228 e. The minimum absolute atomic E-state index is 0.0539. The zero-order valence-electron chi connectivity index (χ0n) is 34.2. The van der Waals surface area contributed by atoms with Crippen LogP contribution in [0.3, 0.4) is 0 Å². The molecule has 0 saturated carbocycles. The van der Waals surface area contributed by atoms with Crippen LogP contribution in [-0.2, 0) is 5.41 Å². The quantitative estimate of drug-likeness (QED) is 0.161. The fourth-order valence-electron chi connectivity index (χ4n) is 9.44. The normalized spacial score (nSPS) is 12.6. The van der Waals surface area contributed by atoms with E-state index in [0.717, 1.165) is 55.7 Å². The van der Waals surface area contributed by atoms with Crippen LogP contribution in [0.4, 0.5) is 0 Å². The lowest BCUT2D eigenvalue weighted by Gasteiger charge is -2.21. The van der Waals surface area contributed by atoms with Gasteiger partial charge in [-0.2, -0.15) is 0 Å². The molecule has 1 aliphatic carbocycles. The summed E-state index contributed by atoms with van der Waals surface area (Å²) < 4.78 is 0. The molecule has 2 heteroatoms. The Labute approximate surface area is 357 Å². The molecule has 288 valence electrons. The summed E-state index contributed by atoms with van der Waals surface area (Å²) in [6.07, 6.45) is 0. The Kier molecular flexibility index (Phi) is 8.86. The van der Waals surface area contributed by atoms with Crippen molar-refractivity contribution in [2.24, 2.45) is 0 Å². The predicted octanol–water partition coefficient (Wildman–Crippen LogP) is 15.6. The van der Waals surface area contributed by atoms with E-state index >= 15 is 0 Å². The highest BCUT2D eigenvalue weighted by Crippen LogP contribution is 2.52. The molecule has 11 rings (SSSR count). The Morgan fingerprint density at radius 1 is 0.295 bits per heavy atom. The van der Waals surface area contributed by atoms with Crippen molar-refractivity contribution < 1.29 is 0 Å². The molecular weight excluding hydrogens is 737 g/mol. The summed E-state index contributed by atoms with van der Waals surface area (Å²) >= 11 is 0. The van der Waals surface area contributed by atoms with Crippen LogP contribution in [0.25, 0.3) is 100 Å². The van der Waals surface area contributed by atoms with Crippen LogP contribution in [-0.4, -0.2) is 9.97 Å². The Hall–Kier alpha value is -7.68. The van der Waals surface area contributed by atoms with Crippen molar-refractivity contribution in [3.8, 4) is 89.5 Å². The second-order valence-electron chi connectivity index (χ2n) is 16.5. The molecule has 10 aromatic rings. The molecule has 9 aromatic carbocycles. The number of aromatic nitrogens is 2. The first kappa shape index (κ1) is 36.4. The Bertz CT molecular complexity index is 3200. The fraction of sp³-hybridized carbons (Fsp3) is 0.0508. The van der Waals surface area contributed by atoms with Gasteiger partial charge in [0.05, 0.1) is 11.4 Å². The number of nitrogens with zero attached hydrogens (tertiary/aromatic N) is 2. The molecule has 0 amide bonds. The SMILES string of the molecule is CC1(C)c2ccccc2-c2c(-c3cccc(-c4ccc(-c5cc(-c6cc(-c7ccccc7)cc(-c7ccccc7)c6)nc(-c6ccccc6)n5)c5ccccc45)c3)cccc21. The van der Waals surface area contributed by atoms with Crippen LogP contribution in [0.15, 0.2) is 218 Å². The topological polar surface area (TPSA) is 25.8 Å². The van der Waals surface area contributed by atoms with E-state index in [9.17, 15) is 0 Å². The summed E-state index contributed by atoms with van der Waals surface area (Å²) in [6.45, 7) is 4.69. The van der Waals surface area contributed by atoms with E-state index in [0.29, 0.717) is 5.82 Å². The first-order valence-corrected chi connectivity index (χ1v) is 21.1. The number of rotatable bonds is 7. The molecule has 0 N–H and O–H groups in total. The standard InChI is InChI=1S/C59H42N2/c1-59(2)53-30-15-14-28-52(53)57-48(29-17-31-54(57)59)43-25-16-24-42(34-43)47-32-33-51(50-27-13-12-26-49(47)50)56-38-55(60-58(61-56)41-22-10-5-11-23-41)46-36-44(39-18-6-3-7-19-39)35-45(37-46)40-20-8-4-9-21-40/h3-38H,1-2H3. The third-order valence-electron chi connectivity index (χ3n) is 12.5. The largest absolute Gasteiger partial charge is 0.228 e. The molecule has 1 aliphatic rings. The lowest BCUT2D eigenvalue weighted by atomic mass is 9.82. The number of hydrogen-bond donors (Lipinski definition) is 0. The molecule has 0 bridgehead atoms. The highest BCUT2D eigenvalue weighted by molar-refractivity contribution is 6.05. The average molecular weight is 779 g/mol. The van der Waals surface area contributed by atoms with Crippen LogP contribution >= 0.6 is 0 Å². The molecule has 0 saturated heterocycles. The zero-order chi connectivity index (χ0) is 40.9. The summed E-state index contributed by atoms with van der Waals surface area (Å²) in [5.74, 6) is 0.695. The van der Waals surface area contributed by atoms with E-state index in [1.54, 1.807) is 0 Å². The molecule has 2 nitrogen and oxygen atoms in total. The molecule has 1 heterocycles. The summed E-state index contributed by atoms with van der Waals surface area (Å²) in [7, 11) is 0. The van der Waals surface area contributed by atoms with Crippen molar-refractivity contribution in [3.63, 3.8) is 0 Å². The molecular formula is C59H42N2. The monoisotopic (exact) mass is 778 g/mol. The third-order valence-corrected chi connectivity index (χ3v) is 12.5. The van der Waals surface area contributed by atoms with E-state index < -0.39 is 0 Å². The number of hydrogen-bond acceptors (Lipinski definition) is 2. The fourth-order valence-corrected chi connectivity index (χ4v) is 9.44. The Balaban J connectivity index is 1.07. The zero-order valence-corrected chi connectivity index (χ0v) is 34.2. The van der Waals surface area contributed by atoms with Gasteiger partial charge >= 0.3 is 0 Å². The molecule has 0 atom stereocenters. The van der Waals surface area contributed by atoms with Gasteiger partial charge in [-0.05, 0) is 108 Å². The van der Waals surface area contributed by atoms with Crippen molar-refractivity contribution in [1.29, 1.82) is 0 Å². The van der Waals surface area contributed by atoms with Crippen LogP contribution in [0.1, 0.15) is 25.0 Å². The first-order valence-electron chi connectivity index (χ1n) is 21.1. The first-order chi connectivity index (χ1) is 30.0. The molecule has 61 heavy (non-hydrogen) atoms. The van der Waals surface area contributed by atoms with Gasteiger partial charge in [-0.25, -0.2) is 9.97 Å². The maximum absolute atomic E-state index is 5.32. The van der Waals surface area contributed by atoms with Crippen molar-refractivity contribution in [1.82, 2.24) is 9.97 Å². The molecule has 0 spiro atoms. The lowest BCUT2D eigenvalue weighted by Crippen LogP contribution is -2.14. The number of benzene rings is 9. The van der Waals surface area contributed by atoms with Crippen molar-refractivity contribution in [2.45, 2.75) is 19.3 Å². The molecule has 0 unspecified atom stereocenters. The van der Waals surface area contributed by atoms with Gasteiger partial charge in [0.2, 0.25) is 0 Å². The molecule has 0 radical (unpaired) electrons. The highest BCUT2D eigenvalue weighted by atomic mass is 14.9. The Morgan fingerprint density at radius 3 is 1.44 bits per heavy atom. The number of fused-ring (bicyclic) bond motifs is 4. The average Bonchev–Trinajstić information content (AvgIpc) is 3.57. The van der Waals surface area contributed by atoms with Crippen LogP contribution in [0.2, 0.25) is 0 Å². The summed E-state index contributed by atoms with van der Waals surface area (Å²) in [4.78, 5) is 10.6. The summed E-state index contributed by atoms with van der Waals surface area (Å²) in [6, 6.07) is 78.6. The lowest BCUT2D eigenvalue weighted by molar-refractivity contribution is 0.660. The third kappa shape index (κ3) is 6.45. The predicted molar refractivity (Wildman–Crippen MR) is 255 cm³/mol. The van der Waals surface area contributed by atoms with Gasteiger partial charge < -0.3 is 0 Å². The second-order valence-corrected chi connectivity index (χ2v) is 16.5. The Morgan fingerprint density at radius 2 is 0.754 bits per heavy atom. The summed E-state index contributed by atoms with van der Waals surface area (Å²) in [5.41, 5.74) is 19.7. The van der Waals surface area contributed by atoms with Crippen LogP contribution in [0.5, 0.6) is 0 Å². The minimum atomic E-state index is -0.0539. The van der Waals surface area contributed by atoms with Gasteiger partial charge in [0.25, 0.3) is 0 Å². The van der Waals surface area contributed by atoms with Crippen LogP contribution in [0, 0.1) is 0 Å². The molecule has 0 aliphatic heterocycles. The van der Waals surface area contributed by atoms with Crippen molar-refractivity contribution >= 4 is 10.8 Å². The van der Waals surface area contributed by atoms with E-state index in [-0.39, 0.29) is 5.41 Å². The van der Waals surface area contributed by atoms with Gasteiger partial charge in [0.15, 0.2) is 5.82 Å². The van der Waals surface area contributed by atoms with E-state index in [1.165, 1.54) is 49.9 Å². The summed E-state index contributed by atoms with van der Waals surface area (Å²) in [5, 5.41) is 2.33. The van der Waals surface area contributed by atoms with Gasteiger partial charge in [-0.3, -0.25) is 0 Å². The van der Waals surface area contributed by atoms with Crippen LogP contribution < -0.4 is 0 Å². The van der Waals surface area contributed by atoms with E-state index in [1.807, 2.05) is 6.07 Å². The smallest absolute Gasteiger partial charge is 0.160 e. The van der Waals surface area contributed by atoms with Crippen molar-refractivity contribution in [3.05, 3.63) is 230 Å². The van der Waals surface area contributed by atoms with Gasteiger partial charge in [-0.15, -0.1) is 0 Å². The van der Waals surface area contributed by atoms with Gasteiger partial charge in [-0.1, -0.05) is 202 Å². The maximum atomic E-state index is 5.32. The van der Waals surface area contributed by atoms with E-state index in [4.69, 9.17) is 9.97 Å². The van der Waals surface area contributed by atoms with E-state index in [2.05, 4.69) is 226 Å².